The first-order valence-electron chi connectivity index (χ1n) is 15.9. The van der Waals surface area contributed by atoms with Crippen molar-refractivity contribution in [1.29, 1.82) is 5.26 Å². The summed E-state index contributed by atoms with van der Waals surface area (Å²) in [5.41, 5.74) is 7.19. The fourth-order valence-electron chi connectivity index (χ4n) is 6.68. The number of ether oxygens (including phenoxy) is 2. The second-order valence-electron chi connectivity index (χ2n) is 11.8. The first-order valence-corrected chi connectivity index (χ1v) is 16.7. The standard InChI is InChI=1S/C20H20N2O2.C19H20BrNO2/c1-14-17-8-4-3-6-15(17)10-11-22(14)20(23)12-18-16(13-21)7-5-9-19(18)24-2;1-13-15-7-4-3-6-14(15)10-11-21(13)19(22)12-16-17(20)8-5-9-18(16)23-2/h3-9,14H,10-12H2,1-2H3;3-9,13H,10-12H2,1-2H3/t14-;13-/m00/s1. The van der Waals surface area contributed by atoms with Gasteiger partial charge in [-0.15, -0.1) is 0 Å². The number of carbonyl (C=O) groups is 2. The molecule has 8 heteroatoms. The quantitative estimate of drug-likeness (QED) is 0.210. The van der Waals surface area contributed by atoms with Gasteiger partial charge in [0.1, 0.15) is 11.5 Å². The summed E-state index contributed by atoms with van der Waals surface area (Å²) in [5, 5.41) is 9.31. The van der Waals surface area contributed by atoms with Crippen LogP contribution in [0, 0.1) is 11.3 Å². The molecule has 0 aliphatic carbocycles. The minimum atomic E-state index is 0.0259. The molecule has 2 aliphatic rings. The number of nitrogens with zero attached hydrogens (tertiary/aromatic N) is 3. The number of benzene rings is 4. The van der Waals surface area contributed by atoms with Crippen molar-refractivity contribution in [3.05, 3.63) is 128 Å². The van der Waals surface area contributed by atoms with Crippen molar-refractivity contribution in [2.45, 2.75) is 51.6 Å². The molecule has 2 amide bonds. The van der Waals surface area contributed by atoms with Gasteiger partial charge in [0.2, 0.25) is 11.8 Å². The van der Waals surface area contributed by atoms with Gasteiger partial charge < -0.3 is 19.3 Å². The van der Waals surface area contributed by atoms with Gasteiger partial charge in [0.25, 0.3) is 0 Å². The molecule has 242 valence electrons. The number of rotatable bonds is 6. The summed E-state index contributed by atoms with van der Waals surface area (Å²) in [6.45, 7) is 5.63. The van der Waals surface area contributed by atoms with Crippen LogP contribution in [0.1, 0.15) is 64.9 Å². The molecule has 0 N–H and O–H groups in total. The van der Waals surface area contributed by atoms with Crippen LogP contribution in [0.5, 0.6) is 11.5 Å². The van der Waals surface area contributed by atoms with Gasteiger partial charge in [0, 0.05) is 28.7 Å². The van der Waals surface area contributed by atoms with Crippen LogP contribution in [0.25, 0.3) is 0 Å². The molecule has 0 saturated heterocycles. The lowest BCUT2D eigenvalue weighted by atomic mass is 9.93. The third kappa shape index (κ3) is 7.36. The van der Waals surface area contributed by atoms with Crippen LogP contribution >= 0.6 is 15.9 Å². The van der Waals surface area contributed by atoms with Gasteiger partial charge in [-0.3, -0.25) is 9.59 Å². The highest BCUT2D eigenvalue weighted by atomic mass is 79.9. The molecule has 0 radical (unpaired) electrons. The van der Waals surface area contributed by atoms with E-state index in [-0.39, 0.29) is 30.3 Å². The van der Waals surface area contributed by atoms with Crippen LogP contribution in [0.4, 0.5) is 0 Å². The Balaban J connectivity index is 0.000000185. The zero-order chi connectivity index (χ0) is 33.5. The summed E-state index contributed by atoms with van der Waals surface area (Å²) in [4.78, 5) is 29.6. The molecular weight excluding hydrogens is 654 g/mol. The van der Waals surface area contributed by atoms with Crippen LogP contribution in [0.15, 0.2) is 89.4 Å². The van der Waals surface area contributed by atoms with E-state index in [1.807, 2.05) is 46.2 Å². The number of hydrogen-bond acceptors (Lipinski definition) is 5. The summed E-state index contributed by atoms with van der Waals surface area (Å²) < 4.78 is 11.6. The second kappa shape index (κ2) is 15.3. The van der Waals surface area contributed by atoms with E-state index >= 15 is 0 Å². The molecule has 7 nitrogen and oxygen atoms in total. The molecule has 0 spiro atoms. The summed E-state index contributed by atoms with van der Waals surface area (Å²) in [6, 6.07) is 30.0. The number of fused-ring (bicyclic) bond motifs is 2. The molecule has 6 rings (SSSR count). The van der Waals surface area contributed by atoms with Crippen molar-refractivity contribution in [2.75, 3.05) is 27.3 Å². The third-order valence-electron chi connectivity index (χ3n) is 9.26. The van der Waals surface area contributed by atoms with Gasteiger partial charge in [-0.1, -0.05) is 76.6 Å². The number of methoxy groups -OCH3 is 2. The van der Waals surface area contributed by atoms with Crippen molar-refractivity contribution >= 4 is 27.7 Å². The molecule has 47 heavy (non-hydrogen) atoms. The van der Waals surface area contributed by atoms with Gasteiger partial charge in [-0.05, 0) is 73.2 Å². The predicted octanol–water partition coefficient (Wildman–Crippen LogP) is 7.40. The van der Waals surface area contributed by atoms with Crippen LogP contribution in [-0.2, 0) is 35.3 Å². The van der Waals surface area contributed by atoms with E-state index in [0.717, 1.165) is 35.2 Å². The fraction of sp³-hybridized carbons (Fsp3) is 0.308. The molecule has 2 aliphatic heterocycles. The maximum atomic E-state index is 12.9. The molecule has 2 heterocycles. The number of halogens is 1. The third-order valence-corrected chi connectivity index (χ3v) is 10.00. The van der Waals surface area contributed by atoms with Gasteiger partial charge in [0.15, 0.2) is 0 Å². The number of carbonyl (C=O) groups excluding carboxylic acids is 2. The minimum Gasteiger partial charge on any atom is -0.496 e. The van der Waals surface area contributed by atoms with Crippen molar-refractivity contribution in [2.24, 2.45) is 0 Å². The lowest BCUT2D eigenvalue weighted by Gasteiger charge is -2.35. The molecule has 2 atom stereocenters. The monoisotopic (exact) mass is 693 g/mol. The Labute approximate surface area is 285 Å². The normalized spacial score (nSPS) is 16.5. The Morgan fingerprint density at radius 3 is 1.70 bits per heavy atom. The number of nitriles is 1. The van der Waals surface area contributed by atoms with E-state index in [9.17, 15) is 14.9 Å². The zero-order valence-corrected chi connectivity index (χ0v) is 28.9. The Hall–Kier alpha value is -4.61. The van der Waals surface area contributed by atoms with E-state index in [1.54, 1.807) is 32.4 Å². The molecule has 0 bridgehead atoms. The first kappa shape index (κ1) is 33.7. The summed E-state index contributed by atoms with van der Waals surface area (Å²) in [7, 11) is 3.19. The number of hydrogen-bond donors (Lipinski definition) is 0. The molecular formula is C39H40BrN3O4. The maximum Gasteiger partial charge on any atom is 0.227 e. The molecule has 0 aromatic heterocycles. The van der Waals surface area contributed by atoms with Gasteiger partial charge in [-0.2, -0.15) is 5.26 Å². The van der Waals surface area contributed by atoms with Crippen molar-refractivity contribution in [3.63, 3.8) is 0 Å². The van der Waals surface area contributed by atoms with Gasteiger partial charge >= 0.3 is 0 Å². The van der Waals surface area contributed by atoms with Crippen molar-refractivity contribution in [1.82, 2.24) is 9.80 Å². The van der Waals surface area contributed by atoms with Crippen molar-refractivity contribution in [3.8, 4) is 17.6 Å². The second-order valence-corrected chi connectivity index (χ2v) is 12.7. The lowest BCUT2D eigenvalue weighted by molar-refractivity contribution is -0.133. The zero-order valence-electron chi connectivity index (χ0n) is 27.3. The molecule has 4 aromatic rings. The van der Waals surface area contributed by atoms with Crippen molar-refractivity contribution < 1.29 is 19.1 Å². The Morgan fingerprint density at radius 1 is 0.723 bits per heavy atom. The highest BCUT2D eigenvalue weighted by molar-refractivity contribution is 9.10. The van der Waals surface area contributed by atoms with Gasteiger partial charge in [0.05, 0.1) is 50.8 Å². The van der Waals surface area contributed by atoms with Crippen LogP contribution in [0.2, 0.25) is 0 Å². The first-order chi connectivity index (χ1) is 22.8. The van der Waals surface area contributed by atoms with E-state index in [4.69, 9.17) is 9.47 Å². The Kier molecular flexibility index (Phi) is 11.0. The van der Waals surface area contributed by atoms with E-state index in [2.05, 4.69) is 66.2 Å². The average Bonchev–Trinajstić information content (AvgIpc) is 3.10. The largest absolute Gasteiger partial charge is 0.496 e. The highest BCUT2D eigenvalue weighted by Gasteiger charge is 2.29. The average molecular weight is 695 g/mol. The maximum absolute atomic E-state index is 12.9. The smallest absolute Gasteiger partial charge is 0.227 e. The topological polar surface area (TPSA) is 82.9 Å². The molecule has 0 fully saturated rings. The van der Waals surface area contributed by atoms with Crippen LogP contribution < -0.4 is 9.47 Å². The molecule has 0 unspecified atom stereocenters. The molecule has 0 saturated carbocycles. The summed E-state index contributed by atoms with van der Waals surface area (Å²) in [5.74, 6) is 1.50. The minimum absolute atomic E-state index is 0.0259. The summed E-state index contributed by atoms with van der Waals surface area (Å²) >= 11 is 3.53. The van der Waals surface area contributed by atoms with E-state index in [1.165, 1.54) is 22.3 Å². The Morgan fingerprint density at radius 2 is 1.19 bits per heavy atom. The van der Waals surface area contributed by atoms with E-state index in [0.29, 0.717) is 29.8 Å². The lowest BCUT2D eigenvalue weighted by Crippen LogP contribution is -2.39. The molecule has 4 aromatic carbocycles. The SMILES string of the molecule is COc1cccc(Br)c1CC(=O)N1CCc2ccccc2[C@@H]1C.COc1cccc(C#N)c1CC(=O)N1CCc2ccccc2[C@@H]1C. The van der Waals surface area contributed by atoms with Gasteiger partial charge in [-0.25, -0.2) is 0 Å². The van der Waals surface area contributed by atoms with Crippen LogP contribution in [-0.4, -0.2) is 48.9 Å². The van der Waals surface area contributed by atoms with E-state index < -0.39 is 0 Å². The summed E-state index contributed by atoms with van der Waals surface area (Å²) in [6.07, 6.45) is 2.30. The number of amides is 2. The fourth-order valence-corrected chi connectivity index (χ4v) is 7.16. The predicted molar refractivity (Wildman–Crippen MR) is 186 cm³/mol. The Bertz CT molecular complexity index is 1800. The van der Waals surface area contributed by atoms with Crippen LogP contribution in [0.3, 0.4) is 0 Å². The highest BCUT2D eigenvalue weighted by Crippen LogP contribution is 2.33.